The molecule has 22 heavy (non-hydrogen) atoms. The summed E-state index contributed by atoms with van der Waals surface area (Å²) in [6.07, 6.45) is 0.389. The molecule has 0 saturated heterocycles. The van der Waals surface area contributed by atoms with E-state index in [4.69, 9.17) is 14.2 Å². The van der Waals surface area contributed by atoms with E-state index in [0.717, 1.165) is 0 Å². The van der Waals surface area contributed by atoms with Crippen molar-refractivity contribution < 1.29 is 49.8 Å². The number of hydrogen-bond acceptors (Lipinski definition) is 9. The van der Waals surface area contributed by atoms with Gasteiger partial charge in [-0.15, -0.1) is 0 Å². The Hall–Kier alpha value is 1.52. The van der Waals surface area contributed by atoms with Crippen molar-refractivity contribution in [2.24, 2.45) is 0 Å². The van der Waals surface area contributed by atoms with Crippen LogP contribution in [-0.4, -0.2) is 31.5 Å². The average Bonchev–Trinajstić information content (AvgIpc) is 2.10. The molecule has 0 unspecified atom stereocenters. The van der Waals surface area contributed by atoms with E-state index in [0.29, 0.717) is 0 Å². The third-order valence-electron chi connectivity index (χ3n) is 0.996. The van der Waals surface area contributed by atoms with Crippen LogP contribution in [0.4, 0.5) is 0 Å². The van der Waals surface area contributed by atoms with Crippen LogP contribution in [0.2, 0.25) is 0 Å². The molecule has 0 amide bonds. The van der Waals surface area contributed by atoms with Gasteiger partial charge in [-0.3, -0.25) is 0 Å². The quantitative estimate of drug-likeness (QED) is 0.389. The van der Waals surface area contributed by atoms with Gasteiger partial charge < -0.3 is 88.8 Å². The van der Waals surface area contributed by atoms with Gasteiger partial charge >= 0.3 is 35.6 Å². The molecule has 0 aliphatic heterocycles. The second-order valence-corrected chi connectivity index (χ2v) is 7.25. The van der Waals surface area contributed by atoms with Crippen LogP contribution in [0, 0.1) is 35.6 Å². The summed E-state index contributed by atoms with van der Waals surface area (Å²) in [5, 5.41) is 0. The van der Waals surface area contributed by atoms with Crippen molar-refractivity contribution in [3.8, 4) is 0 Å². The van der Waals surface area contributed by atoms with Gasteiger partial charge in [0.05, 0.1) is 18.3 Å². The number of rotatable bonds is 3. The fourth-order valence-corrected chi connectivity index (χ4v) is 1.73. The molecule has 0 fully saturated rings. The first kappa shape index (κ1) is 31.3. The minimum atomic E-state index is 0. The van der Waals surface area contributed by atoms with Crippen LogP contribution in [-0.2, 0) is 52.1 Å². The van der Waals surface area contributed by atoms with E-state index in [1.165, 1.54) is 0 Å². The molecule has 0 aromatic heterocycles. The number of thiocarbonyl (C=S) groups is 3. The summed E-state index contributed by atoms with van der Waals surface area (Å²) in [5.41, 5.74) is 0. The van der Waals surface area contributed by atoms with E-state index in [-0.39, 0.29) is 67.1 Å². The Labute approximate surface area is 195 Å². The van der Waals surface area contributed by atoms with Crippen molar-refractivity contribution in [2.45, 2.75) is 59.9 Å². The van der Waals surface area contributed by atoms with Crippen LogP contribution in [0.1, 0.15) is 41.5 Å². The van der Waals surface area contributed by atoms with Crippen LogP contribution in [0.25, 0.3) is 0 Å². The van der Waals surface area contributed by atoms with Crippen LogP contribution in [0.5, 0.6) is 0 Å². The first-order valence-electron chi connectivity index (χ1n) is 6.01. The predicted octanol–water partition coefficient (Wildman–Crippen LogP) is 3.73. The van der Waals surface area contributed by atoms with E-state index >= 15 is 0 Å². The van der Waals surface area contributed by atoms with Crippen molar-refractivity contribution in [3.05, 3.63) is 0 Å². The Balaban J connectivity index is -0.000000108. The standard InChI is InChI=1S/3C4H8OS2.La/c3*1-3(2)5-4(6)7;/h3*3H,1-2H3,(H,6,7);/q;;;+3/p-3. The molecule has 0 radical (unpaired) electrons. The molecule has 10 heteroatoms. The van der Waals surface area contributed by atoms with Gasteiger partial charge in [-0.05, 0) is 41.5 Å². The summed E-state index contributed by atoms with van der Waals surface area (Å²) < 4.78 is 15.0. The topological polar surface area (TPSA) is 27.7 Å². The third kappa shape index (κ3) is 49.6. The maximum atomic E-state index is 4.80. The molecular weight excluding hydrogens is 523 g/mol. The molecule has 0 N–H and O–H groups in total. The van der Waals surface area contributed by atoms with Gasteiger partial charge in [0.2, 0.25) is 0 Å². The molecule has 0 atom stereocenters. The molecule has 0 aliphatic rings. The van der Waals surface area contributed by atoms with Crippen molar-refractivity contribution in [1.29, 1.82) is 0 Å². The van der Waals surface area contributed by atoms with E-state index in [1.807, 2.05) is 41.5 Å². The Kier molecular flexibility index (Phi) is 29.3. The van der Waals surface area contributed by atoms with Crippen LogP contribution in [0.15, 0.2) is 0 Å². The first-order chi connectivity index (χ1) is 9.38. The molecule has 0 aromatic rings. The van der Waals surface area contributed by atoms with Crippen molar-refractivity contribution in [3.63, 3.8) is 0 Å². The Morgan fingerprint density at radius 2 is 0.727 bits per heavy atom. The second kappa shape index (κ2) is 20.6. The Bertz CT molecular complexity index is 264. The number of hydrogen-bond donors (Lipinski definition) is 0. The van der Waals surface area contributed by atoms with Crippen LogP contribution < -0.4 is 0 Å². The van der Waals surface area contributed by atoms with Crippen LogP contribution in [0.3, 0.4) is 0 Å². The molecule has 0 heterocycles. The van der Waals surface area contributed by atoms with E-state index in [9.17, 15) is 0 Å². The fraction of sp³-hybridized carbons (Fsp3) is 0.750. The maximum absolute atomic E-state index is 4.80. The van der Waals surface area contributed by atoms with E-state index < -0.39 is 0 Å². The summed E-state index contributed by atoms with van der Waals surface area (Å²) in [6.45, 7) is 11.3. The zero-order valence-corrected chi connectivity index (χ0v) is 22.0. The molecular formula is C12H21LaO3S6. The van der Waals surface area contributed by atoms with E-state index in [2.05, 4.69) is 74.5 Å². The zero-order valence-electron chi connectivity index (χ0n) is 13.5. The second-order valence-electron chi connectivity index (χ2n) is 4.25. The largest absolute Gasteiger partial charge is 3.00 e. The Morgan fingerprint density at radius 1 is 0.591 bits per heavy atom. The predicted molar refractivity (Wildman–Crippen MR) is 109 cm³/mol. The van der Waals surface area contributed by atoms with E-state index in [1.54, 1.807) is 0 Å². The van der Waals surface area contributed by atoms with Gasteiger partial charge in [0.1, 0.15) is 0 Å². The molecule has 126 valence electrons. The van der Waals surface area contributed by atoms with Crippen molar-refractivity contribution in [2.75, 3.05) is 0 Å². The summed E-state index contributed by atoms with van der Waals surface area (Å²) in [5.74, 6) is 0. The van der Waals surface area contributed by atoms with Gasteiger partial charge in [0.15, 0.2) is 0 Å². The van der Waals surface area contributed by atoms with Gasteiger partial charge in [-0.2, -0.15) is 0 Å². The van der Waals surface area contributed by atoms with Gasteiger partial charge in [0, 0.05) is 13.1 Å². The maximum Gasteiger partial charge on any atom is 3.00 e. The van der Waals surface area contributed by atoms with Gasteiger partial charge in [-0.1, -0.05) is 0 Å². The minimum absolute atomic E-state index is 0. The zero-order chi connectivity index (χ0) is 17.6. The summed E-state index contributed by atoms with van der Waals surface area (Å²) in [4.78, 5) is 0. The molecule has 0 saturated carbocycles. The molecule has 0 aliphatic carbocycles. The summed E-state index contributed by atoms with van der Waals surface area (Å²) in [6, 6.07) is 0. The monoisotopic (exact) mass is 544 g/mol. The third-order valence-corrected chi connectivity index (χ3v) is 1.57. The molecule has 3 nitrogen and oxygen atoms in total. The van der Waals surface area contributed by atoms with Gasteiger partial charge in [-0.25, -0.2) is 0 Å². The number of ether oxygens (including phenoxy) is 3. The summed E-state index contributed by atoms with van der Waals surface area (Å²) in [7, 11) is 0. The molecule has 0 rings (SSSR count). The van der Waals surface area contributed by atoms with Crippen LogP contribution >= 0.6 is 36.7 Å². The molecule has 0 aromatic carbocycles. The summed E-state index contributed by atoms with van der Waals surface area (Å²) >= 11 is 26.8. The van der Waals surface area contributed by atoms with Gasteiger partial charge in [0.25, 0.3) is 0 Å². The SMILES string of the molecule is CC(C)OC(=S)[S-].CC(C)OC(=S)[S-].CC(C)OC(=S)[S-].[La+3]. The normalized spacial score (nSPS) is 8.59. The molecule has 0 bridgehead atoms. The smallest absolute Gasteiger partial charge is 0.511 e. The minimum Gasteiger partial charge on any atom is -0.511 e. The first-order valence-corrected chi connectivity index (χ1v) is 8.46. The van der Waals surface area contributed by atoms with Crippen molar-refractivity contribution >= 4 is 87.7 Å². The van der Waals surface area contributed by atoms with Crippen molar-refractivity contribution in [1.82, 2.24) is 0 Å². The molecule has 0 spiro atoms. The average molecular weight is 545 g/mol. The fourth-order valence-electron chi connectivity index (χ4n) is 0.577. The Morgan fingerprint density at radius 3 is 0.727 bits per heavy atom.